The summed E-state index contributed by atoms with van der Waals surface area (Å²) in [5, 5.41) is 20.1. The summed E-state index contributed by atoms with van der Waals surface area (Å²) in [5.74, 6) is -9.19. The number of benzene rings is 3. The quantitative estimate of drug-likeness (QED) is 0.107. The van der Waals surface area contributed by atoms with Gasteiger partial charge in [0.1, 0.15) is 34.6 Å². The molecule has 238 valence electrons. The molecular formula is C30H17Cl3F6N4O3. The molecule has 0 aliphatic heterocycles. The van der Waals surface area contributed by atoms with Crippen molar-refractivity contribution < 1.29 is 40.7 Å². The molecule has 7 nitrogen and oxygen atoms in total. The first-order chi connectivity index (χ1) is 21.5. The van der Waals surface area contributed by atoms with E-state index in [1.54, 1.807) is 6.07 Å². The van der Waals surface area contributed by atoms with Crippen LogP contribution in [0.3, 0.4) is 0 Å². The first-order valence-electron chi connectivity index (χ1n) is 12.9. The summed E-state index contributed by atoms with van der Waals surface area (Å²) in [6.07, 6.45) is -6.50. The highest BCUT2D eigenvalue weighted by Crippen LogP contribution is 2.65. The third-order valence-electron chi connectivity index (χ3n) is 7.05. The molecule has 0 radical (unpaired) electrons. The topological polar surface area (TPSA) is 114 Å². The minimum Gasteiger partial charge on any atom is -0.326 e. The van der Waals surface area contributed by atoms with Crippen molar-refractivity contribution in [3.63, 3.8) is 0 Å². The van der Waals surface area contributed by atoms with E-state index in [2.05, 4.69) is 5.32 Å². The summed E-state index contributed by atoms with van der Waals surface area (Å²) in [4.78, 5) is 38.9. The molecule has 0 unspecified atom stereocenters. The molecule has 4 rings (SSSR count). The molecule has 0 heterocycles. The van der Waals surface area contributed by atoms with E-state index in [-0.39, 0.29) is 27.4 Å². The van der Waals surface area contributed by atoms with Crippen molar-refractivity contribution in [1.29, 1.82) is 10.5 Å². The minimum absolute atomic E-state index is 0.0230. The van der Waals surface area contributed by atoms with Crippen molar-refractivity contribution in [1.82, 2.24) is 0 Å². The molecule has 1 saturated carbocycles. The fourth-order valence-electron chi connectivity index (χ4n) is 4.82. The van der Waals surface area contributed by atoms with Gasteiger partial charge in [-0.1, -0.05) is 23.7 Å². The van der Waals surface area contributed by atoms with Gasteiger partial charge in [0, 0.05) is 23.6 Å². The number of anilines is 2. The van der Waals surface area contributed by atoms with Gasteiger partial charge in [0.25, 0.3) is 0 Å². The van der Waals surface area contributed by atoms with Crippen LogP contribution in [0.2, 0.25) is 5.02 Å². The van der Waals surface area contributed by atoms with Crippen LogP contribution < -0.4 is 10.2 Å². The van der Waals surface area contributed by atoms with Gasteiger partial charge in [0.15, 0.2) is 11.6 Å². The maximum absolute atomic E-state index is 15.4. The summed E-state index contributed by atoms with van der Waals surface area (Å²) >= 11 is 18.6. The number of halogens is 9. The van der Waals surface area contributed by atoms with E-state index in [1.807, 2.05) is 0 Å². The smallest absolute Gasteiger partial charge is 0.326 e. The van der Waals surface area contributed by atoms with Crippen LogP contribution in [0.1, 0.15) is 39.4 Å². The average Bonchev–Trinajstić information content (AvgIpc) is 3.56. The lowest BCUT2D eigenvalue weighted by atomic mass is 10.0. The second kappa shape index (κ2) is 13.2. The Labute approximate surface area is 271 Å². The predicted molar refractivity (Wildman–Crippen MR) is 155 cm³/mol. The number of carbonyl (C=O) groups is 3. The summed E-state index contributed by atoms with van der Waals surface area (Å²) in [6.45, 7) is -0.780. The summed E-state index contributed by atoms with van der Waals surface area (Å²) in [5.41, 5.74) is -3.24. The van der Waals surface area contributed by atoms with Crippen LogP contribution in [0.5, 0.6) is 0 Å². The zero-order valence-corrected chi connectivity index (χ0v) is 25.1. The normalized spacial score (nSPS) is 16.6. The van der Waals surface area contributed by atoms with Gasteiger partial charge in [-0.2, -0.15) is 23.7 Å². The molecule has 3 aromatic rings. The Morgan fingerprint density at radius 2 is 1.63 bits per heavy atom. The van der Waals surface area contributed by atoms with Crippen molar-refractivity contribution in [3.05, 3.63) is 93.3 Å². The number of rotatable bonds is 9. The van der Waals surface area contributed by atoms with Crippen molar-refractivity contribution in [2.24, 2.45) is 5.92 Å². The molecule has 2 amide bonds. The molecule has 2 atom stereocenters. The van der Waals surface area contributed by atoms with Crippen LogP contribution in [0.25, 0.3) is 0 Å². The Bertz CT molecular complexity index is 1840. The second-order valence-corrected chi connectivity index (χ2v) is 11.8. The van der Waals surface area contributed by atoms with Crippen molar-refractivity contribution in [2.75, 3.05) is 16.8 Å². The van der Waals surface area contributed by atoms with Gasteiger partial charge in [-0.3, -0.25) is 19.3 Å². The molecule has 46 heavy (non-hydrogen) atoms. The molecule has 1 aliphatic carbocycles. The highest BCUT2D eigenvalue weighted by atomic mass is 35.5. The Balaban J connectivity index is 1.56. The zero-order valence-electron chi connectivity index (χ0n) is 22.9. The van der Waals surface area contributed by atoms with E-state index in [1.165, 1.54) is 18.2 Å². The van der Waals surface area contributed by atoms with E-state index >= 15 is 4.39 Å². The van der Waals surface area contributed by atoms with Gasteiger partial charge in [0.2, 0.25) is 11.8 Å². The molecule has 3 aromatic carbocycles. The molecule has 0 spiro atoms. The van der Waals surface area contributed by atoms with Crippen molar-refractivity contribution in [2.45, 2.75) is 29.3 Å². The van der Waals surface area contributed by atoms with Gasteiger partial charge in [-0.25, -0.2) is 13.2 Å². The molecule has 1 fully saturated rings. The maximum atomic E-state index is 15.4. The Hall–Kier alpha value is -4.30. The SMILES string of the molecule is N#CCC(=O)N(CC#N)c1c(F)ccc(CC(=O)c2cc(NC(=O)[C@H]3[C@H](c4ccc(F)c(C(F)(F)F)c4)C3(Cl)Cl)ccc2Cl)c1F. The highest BCUT2D eigenvalue weighted by Gasteiger charge is 2.67. The van der Waals surface area contributed by atoms with Crippen LogP contribution in [-0.4, -0.2) is 28.5 Å². The van der Waals surface area contributed by atoms with Crippen LogP contribution in [-0.2, 0) is 22.2 Å². The van der Waals surface area contributed by atoms with Gasteiger partial charge in [0.05, 0.1) is 28.6 Å². The fraction of sp³-hybridized carbons (Fsp3) is 0.233. The molecular weight excluding hydrogens is 685 g/mol. The number of nitriles is 2. The monoisotopic (exact) mass is 700 g/mol. The number of carbonyl (C=O) groups excluding carboxylic acids is 3. The number of nitrogens with zero attached hydrogens (tertiary/aromatic N) is 3. The van der Waals surface area contributed by atoms with Gasteiger partial charge in [-0.15, -0.1) is 23.2 Å². The van der Waals surface area contributed by atoms with Gasteiger partial charge < -0.3 is 5.32 Å². The molecule has 0 bridgehead atoms. The van der Waals surface area contributed by atoms with E-state index < -0.39 is 88.0 Å². The number of ketones is 1. The minimum atomic E-state index is -5.01. The first kappa shape index (κ1) is 34.6. The third kappa shape index (κ3) is 6.92. The predicted octanol–water partition coefficient (Wildman–Crippen LogP) is 7.50. The number of amides is 2. The van der Waals surface area contributed by atoms with Crippen LogP contribution in [0.4, 0.5) is 37.7 Å². The summed E-state index contributed by atoms with van der Waals surface area (Å²) in [6, 6.07) is 10.6. The lowest BCUT2D eigenvalue weighted by Crippen LogP contribution is -2.32. The molecule has 1 N–H and O–H groups in total. The fourth-order valence-corrected chi connectivity index (χ4v) is 5.87. The Morgan fingerprint density at radius 3 is 2.26 bits per heavy atom. The van der Waals surface area contributed by atoms with Crippen molar-refractivity contribution in [3.8, 4) is 12.1 Å². The van der Waals surface area contributed by atoms with Gasteiger partial charge >= 0.3 is 6.18 Å². The average molecular weight is 702 g/mol. The molecule has 0 aromatic heterocycles. The maximum Gasteiger partial charge on any atom is 0.419 e. The summed E-state index contributed by atoms with van der Waals surface area (Å²) in [7, 11) is 0. The number of alkyl halides is 5. The van der Waals surface area contributed by atoms with E-state index in [0.717, 1.165) is 24.3 Å². The third-order valence-corrected chi connectivity index (χ3v) is 8.32. The lowest BCUT2D eigenvalue weighted by molar-refractivity contribution is -0.140. The molecule has 0 saturated heterocycles. The van der Waals surface area contributed by atoms with Crippen LogP contribution in [0.15, 0.2) is 48.5 Å². The second-order valence-electron chi connectivity index (χ2n) is 9.99. The van der Waals surface area contributed by atoms with E-state index in [4.69, 9.17) is 45.3 Å². The standard InChI is InChI=1S/C30H17Cl3F6N4O3/c31-19-4-3-16(42-28(46)25-24(29(25,32)33)14-1-5-20(34)18(11-14)30(37,38)39)13-17(19)22(44)12-15-2-6-21(35)27(26(15)36)43(10-9-41)23(45)7-8-40/h1-6,11,13,24-25H,7,10,12H2,(H,42,46)/t24-,25+/m0/s1. The zero-order chi connectivity index (χ0) is 34.1. The van der Waals surface area contributed by atoms with Crippen LogP contribution in [0, 0.1) is 46.0 Å². The molecule has 1 aliphatic rings. The number of nitrogens with one attached hydrogen (secondary N) is 1. The summed E-state index contributed by atoms with van der Waals surface area (Å²) < 4.78 is 81.6. The van der Waals surface area contributed by atoms with Gasteiger partial charge in [-0.05, 0) is 47.5 Å². The first-order valence-corrected chi connectivity index (χ1v) is 14.1. The Kier molecular flexibility index (Phi) is 9.92. The lowest BCUT2D eigenvalue weighted by Gasteiger charge is -2.21. The number of Topliss-reactive ketones (excluding diaryl/α,β-unsaturated/α-hetero) is 1. The van der Waals surface area contributed by atoms with E-state index in [9.17, 15) is 36.3 Å². The van der Waals surface area contributed by atoms with Crippen LogP contribution >= 0.6 is 34.8 Å². The number of hydrogen-bond donors (Lipinski definition) is 1. The Morgan fingerprint density at radius 1 is 0.957 bits per heavy atom. The van der Waals surface area contributed by atoms with E-state index in [0.29, 0.717) is 17.0 Å². The highest BCUT2D eigenvalue weighted by molar-refractivity contribution is 6.53. The number of hydrogen-bond acceptors (Lipinski definition) is 5. The molecule has 16 heteroatoms. The van der Waals surface area contributed by atoms with Crippen molar-refractivity contribution >= 4 is 63.8 Å². The largest absolute Gasteiger partial charge is 0.419 e.